The number of hydrogen-bond acceptors (Lipinski definition) is 4. The summed E-state index contributed by atoms with van der Waals surface area (Å²) in [6.07, 6.45) is 5.44. The van der Waals surface area contributed by atoms with Gasteiger partial charge in [0.05, 0.1) is 0 Å². The number of hydrogen-bond donors (Lipinski definition) is 0. The number of carbonyl (C=O) groups excluding carboxylic acids is 2. The third-order valence-electron chi connectivity index (χ3n) is 6.53. The van der Waals surface area contributed by atoms with Crippen LogP contribution in [0.25, 0.3) is 0 Å². The van der Waals surface area contributed by atoms with Gasteiger partial charge >= 0.3 is 11.9 Å². The summed E-state index contributed by atoms with van der Waals surface area (Å²) < 4.78 is 11.1. The molecule has 0 saturated carbocycles. The molecule has 0 heterocycles. The Morgan fingerprint density at radius 3 is 1.88 bits per heavy atom. The van der Waals surface area contributed by atoms with Gasteiger partial charge in [0, 0.05) is 18.3 Å². The molecule has 3 rings (SSSR count). The fraction of sp³-hybridized carbons (Fsp3) is 0.500. The zero-order valence-electron chi connectivity index (χ0n) is 20.1. The molecule has 2 aromatic rings. The zero-order valence-corrected chi connectivity index (χ0v) is 20.1. The van der Waals surface area contributed by atoms with Crippen molar-refractivity contribution in [1.82, 2.24) is 0 Å². The third kappa shape index (κ3) is 5.23. The molecule has 0 radical (unpaired) electrons. The van der Waals surface area contributed by atoms with Crippen LogP contribution in [0, 0.1) is 0 Å². The Hall–Kier alpha value is -2.62. The van der Waals surface area contributed by atoms with Crippen molar-refractivity contribution >= 4 is 11.9 Å². The van der Waals surface area contributed by atoms with E-state index in [1.54, 1.807) is 0 Å². The van der Waals surface area contributed by atoms with Crippen LogP contribution < -0.4 is 9.47 Å². The summed E-state index contributed by atoms with van der Waals surface area (Å²) in [5.74, 6) is 0.817. The van der Waals surface area contributed by atoms with Crippen molar-refractivity contribution in [3.63, 3.8) is 0 Å². The molecule has 2 aromatic carbocycles. The average molecular weight is 437 g/mol. The first kappa shape index (κ1) is 24.0. The van der Waals surface area contributed by atoms with Gasteiger partial charge in [-0.3, -0.25) is 9.59 Å². The highest BCUT2D eigenvalue weighted by molar-refractivity contribution is 5.73. The van der Waals surface area contributed by atoms with Gasteiger partial charge < -0.3 is 9.47 Å². The zero-order chi connectivity index (χ0) is 23.4. The Morgan fingerprint density at radius 2 is 1.31 bits per heavy atom. The lowest BCUT2D eigenvalue weighted by atomic mass is 9.75. The minimum Gasteiger partial charge on any atom is -0.427 e. The van der Waals surface area contributed by atoms with Crippen LogP contribution >= 0.6 is 0 Å². The predicted octanol–water partition coefficient (Wildman–Crippen LogP) is 6.87. The van der Waals surface area contributed by atoms with Crippen molar-refractivity contribution in [1.29, 1.82) is 0 Å². The summed E-state index contributed by atoms with van der Waals surface area (Å²) in [5, 5.41) is 0. The lowest BCUT2D eigenvalue weighted by Crippen LogP contribution is -2.23. The topological polar surface area (TPSA) is 52.6 Å². The largest absolute Gasteiger partial charge is 0.427 e. The summed E-state index contributed by atoms with van der Waals surface area (Å²) in [6.45, 7) is 10.9. The van der Waals surface area contributed by atoms with Crippen LogP contribution in [0.2, 0.25) is 0 Å². The lowest BCUT2D eigenvalue weighted by molar-refractivity contribution is -0.135. The number of benzene rings is 2. The number of fused-ring (bicyclic) bond motifs is 1. The van der Waals surface area contributed by atoms with Gasteiger partial charge in [-0.15, -0.1) is 0 Å². The molecule has 1 atom stereocenters. The van der Waals surface area contributed by atoms with Gasteiger partial charge in [0.1, 0.15) is 11.5 Å². The van der Waals surface area contributed by atoms with Gasteiger partial charge in [-0.25, -0.2) is 0 Å². The van der Waals surface area contributed by atoms with Crippen LogP contribution in [0.3, 0.4) is 0 Å². The number of unbranched alkanes of at least 4 members (excludes halogenated alkanes) is 2. The summed E-state index contributed by atoms with van der Waals surface area (Å²) in [4.78, 5) is 24.1. The van der Waals surface area contributed by atoms with E-state index in [1.807, 2.05) is 36.4 Å². The van der Waals surface area contributed by atoms with Gasteiger partial charge in [0.25, 0.3) is 0 Å². The second-order valence-corrected chi connectivity index (χ2v) is 9.78. The van der Waals surface area contributed by atoms with Crippen molar-refractivity contribution in [3.05, 3.63) is 59.2 Å². The molecule has 1 aliphatic rings. The summed E-state index contributed by atoms with van der Waals surface area (Å²) >= 11 is 0. The Bertz CT molecular complexity index is 958. The standard InChI is InChI=1S/C28H36O4/c1-6-8-10-25(29)31-21-14-12-20(13-15-21)28(5)19-27(3,4)23-17-16-22(18-24(23)28)32-26(30)11-9-7-2/h12-18H,6-11,19H2,1-5H3/t28-/m0/s1. The first-order valence-corrected chi connectivity index (χ1v) is 11.9. The van der Waals surface area contributed by atoms with E-state index < -0.39 is 0 Å². The van der Waals surface area contributed by atoms with E-state index in [4.69, 9.17) is 9.47 Å². The molecule has 0 fully saturated rings. The predicted molar refractivity (Wildman–Crippen MR) is 127 cm³/mol. The molecule has 4 nitrogen and oxygen atoms in total. The van der Waals surface area contributed by atoms with Crippen molar-refractivity contribution in [3.8, 4) is 11.5 Å². The molecular formula is C28H36O4. The molecule has 0 spiro atoms. The van der Waals surface area contributed by atoms with E-state index in [1.165, 1.54) is 11.1 Å². The van der Waals surface area contributed by atoms with Crippen LogP contribution in [0.1, 0.15) is 96.3 Å². The number of carbonyl (C=O) groups is 2. The Balaban J connectivity index is 1.85. The van der Waals surface area contributed by atoms with E-state index >= 15 is 0 Å². The van der Waals surface area contributed by atoms with Gasteiger partial charge in [0.2, 0.25) is 0 Å². The Kier molecular flexibility index (Phi) is 7.43. The highest BCUT2D eigenvalue weighted by Gasteiger charge is 2.46. The van der Waals surface area contributed by atoms with Crippen LogP contribution in [-0.4, -0.2) is 11.9 Å². The highest BCUT2D eigenvalue weighted by Crippen LogP contribution is 2.53. The summed E-state index contributed by atoms with van der Waals surface area (Å²) in [6, 6.07) is 13.9. The molecule has 0 aromatic heterocycles. The van der Waals surface area contributed by atoms with Gasteiger partial charge in [-0.2, -0.15) is 0 Å². The fourth-order valence-electron chi connectivity index (χ4n) is 4.86. The van der Waals surface area contributed by atoms with Crippen LogP contribution in [0.4, 0.5) is 0 Å². The van der Waals surface area contributed by atoms with Crippen molar-refractivity contribution < 1.29 is 19.1 Å². The maximum absolute atomic E-state index is 12.2. The quantitative estimate of drug-likeness (QED) is 0.318. The van der Waals surface area contributed by atoms with Crippen LogP contribution in [0.5, 0.6) is 11.5 Å². The Labute approximate surface area is 192 Å². The van der Waals surface area contributed by atoms with Crippen molar-refractivity contribution in [2.45, 2.75) is 90.4 Å². The number of ether oxygens (including phenoxy) is 2. The average Bonchev–Trinajstić information content (AvgIpc) is 2.97. The number of rotatable bonds is 9. The smallest absolute Gasteiger partial charge is 0.311 e. The molecule has 172 valence electrons. The monoisotopic (exact) mass is 436 g/mol. The molecule has 32 heavy (non-hydrogen) atoms. The van der Waals surface area contributed by atoms with E-state index in [0.29, 0.717) is 24.3 Å². The highest BCUT2D eigenvalue weighted by atomic mass is 16.5. The molecule has 0 amide bonds. The lowest BCUT2D eigenvalue weighted by Gasteiger charge is -2.28. The molecule has 0 saturated heterocycles. The van der Waals surface area contributed by atoms with E-state index in [2.05, 4.69) is 40.7 Å². The Morgan fingerprint density at radius 1 is 0.781 bits per heavy atom. The van der Waals surface area contributed by atoms with E-state index in [9.17, 15) is 9.59 Å². The normalized spacial score (nSPS) is 18.8. The number of esters is 2. The van der Waals surface area contributed by atoms with E-state index in [-0.39, 0.29) is 22.8 Å². The third-order valence-corrected chi connectivity index (χ3v) is 6.53. The molecule has 0 aliphatic heterocycles. The molecule has 0 unspecified atom stereocenters. The second kappa shape index (κ2) is 9.89. The molecule has 1 aliphatic carbocycles. The minimum absolute atomic E-state index is 0.000122. The second-order valence-electron chi connectivity index (χ2n) is 9.78. The van der Waals surface area contributed by atoms with Gasteiger partial charge in [-0.05, 0) is 65.6 Å². The molecule has 0 N–H and O–H groups in total. The molecular weight excluding hydrogens is 400 g/mol. The molecule has 0 bridgehead atoms. The van der Waals surface area contributed by atoms with Gasteiger partial charge in [-0.1, -0.05) is 65.7 Å². The van der Waals surface area contributed by atoms with Crippen molar-refractivity contribution in [2.75, 3.05) is 0 Å². The fourth-order valence-corrected chi connectivity index (χ4v) is 4.86. The maximum atomic E-state index is 12.2. The summed E-state index contributed by atoms with van der Waals surface area (Å²) in [5.41, 5.74) is 3.40. The van der Waals surface area contributed by atoms with Crippen LogP contribution in [-0.2, 0) is 20.4 Å². The summed E-state index contributed by atoms with van der Waals surface area (Å²) in [7, 11) is 0. The minimum atomic E-state index is -0.227. The van der Waals surface area contributed by atoms with Crippen LogP contribution in [0.15, 0.2) is 42.5 Å². The van der Waals surface area contributed by atoms with Gasteiger partial charge in [0.15, 0.2) is 0 Å². The first-order valence-electron chi connectivity index (χ1n) is 11.9. The maximum Gasteiger partial charge on any atom is 0.311 e. The first-order chi connectivity index (χ1) is 15.2. The van der Waals surface area contributed by atoms with Crippen molar-refractivity contribution in [2.24, 2.45) is 0 Å². The SMILES string of the molecule is CCCCC(=O)Oc1ccc([C@]2(C)CC(C)(C)c3ccc(OC(=O)CCCC)cc32)cc1. The van der Waals surface area contributed by atoms with E-state index in [0.717, 1.165) is 37.7 Å². The molecule has 4 heteroatoms.